The molecule has 0 aliphatic heterocycles. The van der Waals surface area contributed by atoms with Crippen molar-refractivity contribution in [2.45, 2.75) is 20.1 Å². The smallest absolute Gasteiger partial charge is 0.189 e. The molecule has 3 heteroatoms. The van der Waals surface area contributed by atoms with Crippen LogP contribution in [0, 0.1) is 0 Å². The molecular weight excluding hydrogens is 250 g/mol. The minimum atomic E-state index is 0.262. The highest BCUT2D eigenvalue weighted by atomic mass is 16.7. The molecule has 0 radical (unpaired) electrons. The largest absolute Gasteiger partial charge is 0.467 e. The lowest BCUT2D eigenvalue weighted by Crippen LogP contribution is -2.13. The third-order valence-electron chi connectivity index (χ3n) is 2.95. The molecule has 0 aliphatic rings. The van der Waals surface area contributed by atoms with Crippen molar-refractivity contribution in [1.82, 2.24) is 5.32 Å². The summed E-state index contributed by atoms with van der Waals surface area (Å²) in [4.78, 5) is 0. The minimum absolute atomic E-state index is 0.262. The van der Waals surface area contributed by atoms with Gasteiger partial charge in [0.15, 0.2) is 6.79 Å². The Morgan fingerprint density at radius 3 is 2.50 bits per heavy atom. The van der Waals surface area contributed by atoms with Crippen LogP contribution in [0.5, 0.6) is 5.75 Å². The normalized spacial score (nSPS) is 10.4. The van der Waals surface area contributed by atoms with E-state index in [4.69, 9.17) is 9.47 Å². The summed E-state index contributed by atoms with van der Waals surface area (Å²) in [6.07, 6.45) is 0. The second-order valence-corrected chi connectivity index (χ2v) is 4.48. The third-order valence-corrected chi connectivity index (χ3v) is 2.95. The van der Waals surface area contributed by atoms with Crippen molar-refractivity contribution in [3.63, 3.8) is 0 Å². The molecule has 0 amide bonds. The van der Waals surface area contributed by atoms with E-state index in [9.17, 15) is 0 Å². The average molecular weight is 271 g/mol. The van der Waals surface area contributed by atoms with E-state index in [1.807, 2.05) is 48.5 Å². The number of rotatable bonds is 8. The molecule has 0 atom stereocenters. The molecule has 3 nitrogen and oxygen atoms in total. The Bertz CT molecular complexity index is 499. The van der Waals surface area contributed by atoms with Crippen molar-refractivity contribution in [2.75, 3.05) is 13.3 Å². The lowest BCUT2D eigenvalue weighted by molar-refractivity contribution is 0.00449. The van der Waals surface area contributed by atoms with E-state index in [1.165, 1.54) is 0 Å². The lowest BCUT2D eigenvalue weighted by atomic mass is 10.2. The van der Waals surface area contributed by atoms with Gasteiger partial charge in [0.2, 0.25) is 0 Å². The second-order valence-electron chi connectivity index (χ2n) is 4.48. The number of benzene rings is 2. The van der Waals surface area contributed by atoms with E-state index < -0.39 is 0 Å². The van der Waals surface area contributed by atoms with Crippen LogP contribution in [0.25, 0.3) is 0 Å². The predicted molar refractivity (Wildman–Crippen MR) is 80.5 cm³/mol. The third kappa shape index (κ3) is 4.68. The summed E-state index contributed by atoms with van der Waals surface area (Å²) in [7, 11) is 0. The van der Waals surface area contributed by atoms with Gasteiger partial charge in [-0.25, -0.2) is 0 Å². The fourth-order valence-electron chi connectivity index (χ4n) is 1.89. The van der Waals surface area contributed by atoms with Crippen molar-refractivity contribution >= 4 is 0 Å². The zero-order valence-corrected chi connectivity index (χ0v) is 11.8. The van der Waals surface area contributed by atoms with Crippen molar-refractivity contribution in [2.24, 2.45) is 0 Å². The summed E-state index contributed by atoms with van der Waals surface area (Å²) in [5.74, 6) is 0.876. The standard InChI is InChI=1S/C17H21NO2/c1-2-18-12-16-10-6-7-11-17(16)20-14-19-13-15-8-4-3-5-9-15/h3-11,18H,2,12-14H2,1H3. The summed E-state index contributed by atoms with van der Waals surface area (Å²) in [5.41, 5.74) is 2.30. The van der Waals surface area contributed by atoms with Crippen LogP contribution in [0.15, 0.2) is 54.6 Å². The maximum absolute atomic E-state index is 5.69. The molecule has 106 valence electrons. The average Bonchev–Trinajstić information content (AvgIpc) is 2.51. The minimum Gasteiger partial charge on any atom is -0.467 e. The first-order valence-corrected chi connectivity index (χ1v) is 6.93. The SMILES string of the molecule is CCNCc1ccccc1OCOCc1ccccc1. The van der Waals surface area contributed by atoms with E-state index in [1.54, 1.807) is 0 Å². The first-order valence-electron chi connectivity index (χ1n) is 6.93. The van der Waals surface area contributed by atoms with Gasteiger partial charge in [-0.3, -0.25) is 0 Å². The number of hydrogen-bond acceptors (Lipinski definition) is 3. The van der Waals surface area contributed by atoms with Gasteiger partial charge in [0, 0.05) is 12.1 Å². The van der Waals surface area contributed by atoms with Crippen molar-refractivity contribution < 1.29 is 9.47 Å². The number of ether oxygens (including phenoxy) is 2. The van der Waals surface area contributed by atoms with E-state index in [0.29, 0.717) is 6.61 Å². The Kier molecular flexibility index (Phi) is 6.08. The first kappa shape index (κ1) is 14.6. The maximum Gasteiger partial charge on any atom is 0.189 e. The molecule has 0 unspecified atom stereocenters. The monoisotopic (exact) mass is 271 g/mol. The Labute approximate surface area is 120 Å². The Balaban J connectivity index is 1.79. The molecule has 0 spiro atoms. The second kappa shape index (κ2) is 8.35. The van der Waals surface area contributed by atoms with Crippen LogP contribution in [-0.4, -0.2) is 13.3 Å². The highest BCUT2D eigenvalue weighted by Crippen LogP contribution is 2.17. The van der Waals surface area contributed by atoms with Gasteiger partial charge < -0.3 is 14.8 Å². The van der Waals surface area contributed by atoms with E-state index in [0.717, 1.165) is 30.0 Å². The highest BCUT2D eigenvalue weighted by molar-refractivity contribution is 5.33. The van der Waals surface area contributed by atoms with Gasteiger partial charge in [0.05, 0.1) is 6.61 Å². The molecule has 2 aromatic carbocycles. The van der Waals surface area contributed by atoms with Gasteiger partial charge >= 0.3 is 0 Å². The van der Waals surface area contributed by atoms with Crippen LogP contribution in [0.2, 0.25) is 0 Å². The van der Waals surface area contributed by atoms with Crippen LogP contribution in [-0.2, 0) is 17.9 Å². The van der Waals surface area contributed by atoms with Gasteiger partial charge in [-0.2, -0.15) is 0 Å². The molecule has 2 rings (SSSR count). The molecule has 0 aromatic heterocycles. The van der Waals surface area contributed by atoms with Crippen molar-refractivity contribution in [1.29, 1.82) is 0 Å². The van der Waals surface area contributed by atoms with Crippen molar-refractivity contribution in [3.8, 4) is 5.75 Å². The van der Waals surface area contributed by atoms with Crippen LogP contribution in [0.1, 0.15) is 18.1 Å². The van der Waals surface area contributed by atoms with Crippen LogP contribution >= 0.6 is 0 Å². The maximum atomic E-state index is 5.69. The molecule has 0 heterocycles. The Hall–Kier alpha value is -1.84. The molecule has 0 saturated heterocycles. The van der Waals surface area contributed by atoms with E-state index >= 15 is 0 Å². The molecule has 0 aliphatic carbocycles. The molecule has 0 bridgehead atoms. The highest BCUT2D eigenvalue weighted by Gasteiger charge is 2.02. The fourth-order valence-corrected chi connectivity index (χ4v) is 1.89. The van der Waals surface area contributed by atoms with Gasteiger partial charge in [0.25, 0.3) is 0 Å². The predicted octanol–water partition coefficient (Wildman–Crippen LogP) is 3.35. The number of para-hydroxylation sites is 1. The Morgan fingerprint density at radius 2 is 1.70 bits per heavy atom. The van der Waals surface area contributed by atoms with Crippen LogP contribution in [0.4, 0.5) is 0 Å². The first-order chi connectivity index (χ1) is 9.90. The fraction of sp³-hybridized carbons (Fsp3) is 0.294. The summed E-state index contributed by atoms with van der Waals surface area (Å²) < 4.78 is 11.2. The molecule has 2 aromatic rings. The summed E-state index contributed by atoms with van der Waals surface area (Å²) in [5, 5.41) is 3.30. The zero-order valence-electron chi connectivity index (χ0n) is 11.8. The van der Waals surface area contributed by atoms with Crippen LogP contribution < -0.4 is 10.1 Å². The number of hydrogen-bond donors (Lipinski definition) is 1. The molecule has 0 fully saturated rings. The van der Waals surface area contributed by atoms with Gasteiger partial charge in [-0.05, 0) is 18.2 Å². The van der Waals surface area contributed by atoms with E-state index in [-0.39, 0.29) is 6.79 Å². The zero-order chi connectivity index (χ0) is 14.0. The lowest BCUT2D eigenvalue weighted by Gasteiger charge is -2.12. The molecular formula is C17H21NO2. The van der Waals surface area contributed by atoms with Gasteiger partial charge in [-0.1, -0.05) is 55.5 Å². The summed E-state index contributed by atoms with van der Waals surface area (Å²) >= 11 is 0. The Morgan fingerprint density at radius 1 is 0.950 bits per heavy atom. The summed E-state index contributed by atoms with van der Waals surface area (Å²) in [6.45, 7) is 4.67. The quantitative estimate of drug-likeness (QED) is 0.590. The van der Waals surface area contributed by atoms with Crippen LogP contribution in [0.3, 0.4) is 0 Å². The van der Waals surface area contributed by atoms with E-state index in [2.05, 4.69) is 18.3 Å². The molecule has 0 saturated carbocycles. The molecule has 1 N–H and O–H groups in total. The molecule has 20 heavy (non-hydrogen) atoms. The van der Waals surface area contributed by atoms with Crippen molar-refractivity contribution in [3.05, 3.63) is 65.7 Å². The van der Waals surface area contributed by atoms with Gasteiger partial charge in [0.1, 0.15) is 5.75 Å². The van der Waals surface area contributed by atoms with Gasteiger partial charge in [-0.15, -0.1) is 0 Å². The summed E-state index contributed by atoms with van der Waals surface area (Å²) in [6, 6.07) is 18.1. The topological polar surface area (TPSA) is 30.5 Å². The number of nitrogens with one attached hydrogen (secondary N) is 1.